The average Bonchev–Trinajstić information content (AvgIpc) is 2.75. The Hall–Kier alpha value is -3.24. The Labute approximate surface area is 170 Å². The number of para-hydroxylation sites is 2. The molecule has 0 aliphatic heterocycles. The van der Waals surface area contributed by atoms with Crippen LogP contribution in [0.3, 0.4) is 0 Å². The molecule has 1 amide bonds. The van der Waals surface area contributed by atoms with Crippen molar-refractivity contribution in [3.8, 4) is 11.5 Å². The molecule has 3 aromatic carbocycles. The van der Waals surface area contributed by atoms with E-state index in [1.807, 2.05) is 60.7 Å². The zero-order valence-electron chi connectivity index (χ0n) is 15.7. The molecule has 0 saturated heterocycles. The SMILES string of the molecule is O=C(NC(Cc1ccccc1)[PH](=O)Oc1ccccc1O)OCc1ccccc1. The summed E-state index contributed by atoms with van der Waals surface area (Å²) < 4.78 is 23.6. The van der Waals surface area contributed by atoms with Gasteiger partial charge in [0.25, 0.3) is 8.03 Å². The minimum absolute atomic E-state index is 0.103. The van der Waals surface area contributed by atoms with Crippen molar-refractivity contribution in [2.75, 3.05) is 0 Å². The number of rotatable bonds is 8. The number of carbonyl (C=O) groups is 1. The summed E-state index contributed by atoms with van der Waals surface area (Å²) in [6.45, 7) is 0.103. The number of amides is 1. The van der Waals surface area contributed by atoms with E-state index in [0.29, 0.717) is 6.42 Å². The van der Waals surface area contributed by atoms with Crippen LogP contribution in [0.4, 0.5) is 4.79 Å². The molecule has 0 aromatic heterocycles. The third kappa shape index (κ3) is 6.40. The third-order valence-corrected chi connectivity index (χ3v) is 5.49. The summed E-state index contributed by atoms with van der Waals surface area (Å²) in [5, 5.41) is 12.5. The fourth-order valence-corrected chi connectivity index (χ4v) is 3.84. The van der Waals surface area contributed by atoms with E-state index in [0.717, 1.165) is 11.1 Å². The second-order valence-corrected chi connectivity index (χ2v) is 7.88. The lowest BCUT2D eigenvalue weighted by molar-refractivity contribution is 0.138. The minimum atomic E-state index is -2.80. The molecule has 6 nitrogen and oxygen atoms in total. The van der Waals surface area contributed by atoms with E-state index in [2.05, 4.69) is 5.32 Å². The van der Waals surface area contributed by atoms with Crippen molar-refractivity contribution in [1.29, 1.82) is 0 Å². The summed E-state index contributed by atoms with van der Waals surface area (Å²) in [5.74, 6) is -0.810. The van der Waals surface area contributed by atoms with Gasteiger partial charge in [0, 0.05) is 6.42 Å². The van der Waals surface area contributed by atoms with Gasteiger partial charge < -0.3 is 19.7 Å². The predicted octanol–water partition coefficient (Wildman–Crippen LogP) is 4.74. The van der Waals surface area contributed by atoms with Crippen molar-refractivity contribution < 1.29 is 23.7 Å². The second-order valence-electron chi connectivity index (χ2n) is 6.34. The summed E-state index contributed by atoms with van der Waals surface area (Å²) in [6, 6.07) is 24.9. The van der Waals surface area contributed by atoms with Crippen LogP contribution in [0.15, 0.2) is 84.9 Å². The number of hydrogen-bond donors (Lipinski definition) is 2. The topological polar surface area (TPSA) is 84.9 Å². The number of carbonyl (C=O) groups excluding carboxylic acids is 1. The highest BCUT2D eigenvalue weighted by molar-refractivity contribution is 7.40. The van der Waals surface area contributed by atoms with E-state index in [1.54, 1.807) is 12.1 Å². The van der Waals surface area contributed by atoms with Gasteiger partial charge in [-0.05, 0) is 23.3 Å². The smallest absolute Gasteiger partial charge is 0.408 e. The number of alkyl carbamates (subject to hydrolysis) is 1. The first-order valence-electron chi connectivity index (χ1n) is 9.12. The van der Waals surface area contributed by atoms with Gasteiger partial charge in [-0.2, -0.15) is 0 Å². The molecule has 0 radical (unpaired) electrons. The van der Waals surface area contributed by atoms with Crippen LogP contribution in [0, 0.1) is 0 Å². The number of nitrogens with one attached hydrogen (secondary N) is 1. The van der Waals surface area contributed by atoms with Crippen molar-refractivity contribution in [2.24, 2.45) is 0 Å². The Bertz CT molecular complexity index is 950. The second kappa shape index (κ2) is 10.3. The van der Waals surface area contributed by atoms with Gasteiger partial charge >= 0.3 is 6.09 Å². The third-order valence-electron chi connectivity index (χ3n) is 4.15. The van der Waals surface area contributed by atoms with Crippen LogP contribution in [0.1, 0.15) is 11.1 Å². The molecule has 0 bridgehead atoms. The Morgan fingerprint density at radius 2 is 1.48 bits per heavy atom. The minimum Gasteiger partial charge on any atom is -0.504 e. The molecule has 0 spiro atoms. The lowest BCUT2D eigenvalue weighted by Crippen LogP contribution is -2.35. The maximum absolute atomic E-state index is 12.9. The molecule has 0 aliphatic rings. The van der Waals surface area contributed by atoms with Crippen molar-refractivity contribution in [3.63, 3.8) is 0 Å². The zero-order valence-corrected chi connectivity index (χ0v) is 16.7. The predicted molar refractivity (Wildman–Crippen MR) is 111 cm³/mol. The number of ether oxygens (including phenoxy) is 1. The van der Waals surface area contributed by atoms with Gasteiger partial charge in [-0.3, -0.25) is 4.57 Å². The van der Waals surface area contributed by atoms with E-state index in [4.69, 9.17) is 9.26 Å². The Morgan fingerprint density at radius 3 is 2.14 bits per heavy atom. The quantitative estimate of drug-likeness (QED) is 0.523. The summed E-state index contributed by atoms with van der Waals surface area (Å²) >= 11 is 0. The lowest BCUT2D eigenvalue weighted by atomic mass is 10.1. The van der Waals surface area contributed by atoms with Crippen LogP contribution in [0.25, 0.3) is 0 Å². The maximum atomic E-state index is 12.9. The number of aromatic hydroxyl groups is 1. The maximum Gasteiger partial charge on any atom is 0.408 e. The zero-order chi connectivity index (χ0) is 20.5. The Morgan fingerprint density at radius 1 is 0.897 bits per heavy atom. The molecule has 2 N–H and O–H groups in total. The van der Waals surface area contributed by atoms with Crippen LogP contribution < -0.4 is 9.84 Å². The first kappa shape index (κ1) is 20.5. The highest BCUT2D eigenvalue weighted by Gasteiger charge is 2.23. The van der Waals surface area contributed by atoms with E-state index in [1.165, 1.54) is 12.1 Å². The molecule has 150 valence electrons. The van der Waals surface area contributed by atoms with Crippen LogP contribution >= 0.6 is 8.03 Å². The summed E-state index contributed by atoms with van der Waals surface area (Å²) in [5.41, 5.74) is 1.74. The molecular formula is C22H22NO5P. The molecule has 0 heterocycles. The number of hydrogen-bond acceptors (Lipinski definition) is 5. The van der Waals surface area contributed by atoms with E-state index >= 15 is 0 Å². The Kier molecular flexibility index (Phi) is 7.31. The fraction of sp³-hybridized carbons (Fsp3) is 0.136. The van der Waals surface area contributed by atoms with Gasteiger partial charge in [0.2, 0.25) is 0 Å². The van der Waals surface area contributed by atoms with Gasteiger partial charge in [0.05, 0.1) is 0 Å². The number of phenols is 1. The van der Waals surface area contributed by atoms with Crippen LogP contribution in [0.5, 0.6) is 11.5 Å². The van der Waals surface area contributed by atoms with E-state index in [-0.39, 0.29) is 18.1 Å². The fourth-order valence-electron chi connectivity index (χ4n) is 2.67. The van der Waals surface area contributed by atoms with Crippen LogP contribution in [-0.4, -0.2) is 17.0 Å². The molecular weight excluding hydrogens is 389 g/mol. The average molecular weight is 411 g/mol. The molecule has 2 unspecified atom stereocenters. The first-order chi connectivity index (χ1) is 14.1. The first-order valence-corrected chi connectivity index (χ1v) is 10.5. The normalized spacial score (nSPS) is 12.6. The van der Waals surface area contributed by atoms with Crippen molar-refractivity contribution in [1.82, 2.24) is 5.32 Å². The number of phenolic OH excluding ortho intramolecular Hbond substituents is 1. The van der Waals surface area contributed by atoms with Crippen molar-refractivity contribution in [3.05, 3.63) is 96.1 Å². The van der Waals surface area contributed by atoms with Crippen LogP contribution in [0.2, 0.25) is 0 Å². The van der Waals surface area contributed by atoms with Gasteiger partial charge in [0.15, 0.2) is 11.5 Å². The highest BCUT2D eigenvalue weighted by atomic mass is 31.1. The summed E-state index contributed by atoms with van der Waals surface area (Å²) in [4.78, 5) is 12.3. The Balaban J connectivity index is 1.67. The van der Waals surface area contributed by atoms with Crippen LogP contribution in [-0.2, 0) is 22.3 Å². The van der Waals surface area contributed by atoms with Gasteiger partial charge in [0.1, 0.15) is 12.4 Å². The molecule has 7 heteroatoms. The molecule has 0 fully saturated rings. The highest BCUT2D eigenvalue weighted by Crippen LogP contribution is 2.37. The van der Waals surface area contributed by atoms with Crippen molar-refractivity contribution >= 4 is 14.1 Å². The van der Waals surface area contributed by atoms with Gasteiger partial charge in [-0.1, -0.05) is 72.8 Å². The molecule has 3 aromatic rings. The van der Waals surface area contributed by atoms with E-state index < -0.39 is 19.9 Å². The van der Waals surface area contributed by atoms with E-state index in [9.17, 15) is 14.5 Å². The monoisotopic (exact) mass is 411 g/mol. The molecule has 2 atom stereocenters. The standard InChI is InChI=1S/C22H22NO5P/c24-19-13-7-8-14-20(19)28-29(26)21(15-17-9-3-1-4-10-17)23-22(25)27-16-18-11-5-2-6-12-18/h1-14,21,24,29H,15-16H2,(H,23,25). The summed E-state index contributed by atoms with van der Waals surface area (Å²) in [6.07, 6.45) is -0.388. The molecule has 29 heavy (non-hydrogen) atoms. The summed E-state index contributed by atoms with van der Waals surface area (Å²) in [7, 11) is -2.80. The van der Waals surface area contributed by atoms with Gasteiger partial charge in [-0.15, -0.1) is 0 Å². The van der Waals surface area contributed by atoms with Crippen molar-refractivity contribution in [2.45, 2.75) is 18.8 Å². The number of benzene rings is 3. The largest absolute Gasteiger partial charge is 0.504 e. The molecule has 0 aliphatic carbocycles. The lowest BCUT2D eigenvalue weighted by Gasteiger charge is -2.19. The van der Waals surface area contributed by atoms with Gasteiger partial charge in [-0.25, -0.2) is 4.79 Å². The molecule has 0 saturated carbocycles. The molecule has 3 rings (SSSR count).